The molecule has 0 N–H and O–H groups in total. The maximum absolute atomic E-state index is 5.96. The van der Waals surface area contributed by atoms with Crippen LogP contribution in [0.2, 0.25) is 0 Å². The van der Waals surface area contributed by atoms with Crippen molar-refractivity contribution in [3.63, 3.8) is 0 Å². The van der Waals surface area contributed by atoms with E-state index in [4.69, 9.17) is 20.9 Å². The molecule has 0 radical (unpaired) electrons. The van der Waals surface area contributed by atoms with Crippen molar-refractivity contribution in [3.05, 3.63) is 30.1 Å². The number of fused-ring (bicyclic) bond motifs is 1. The van der Waals surface area contributed by atoms with E-state index >= 15 is 0 Å². The summed E-state index contributed by atoms with van der Waals surface area (Å²) < 4.78 is 11.7. The molecule has 1 aliphatic heterocycles. The van der Waals surface area contributed by atoms with Crippen LogP contribution in [-0.2, 0) is 26.5 Å². The van der Waals surface area contributed by atoms with E-state index in [1.807, 2.05) is 24.9 Å². The number of aromatic nitrogens is 1. The predicted molar refractivity (Wildman–Crippen MR) is 61.3 cm³/mol. The van der Waals surface area contributed by atoms with Crippen LogP contribution in [0.25, 0.3) is 0 Å². The van der Waals surface area contributed by atoms with E-state index in [9.17, 15) is 0 Å². The van der Waals surface area contributed by atoms with E-state index in [0.29, 0.717) is 0 Å². The number of hydrogen-bond acceptors (Lipinski definition) is 4. The fourth-order valence-corrected chi connectivity index (χ4v) is 4.65. The van der Waals surface area contributed by atoms with Crippen LogP contribution in [-0.4, -0.2) is 17.8 Å². The van der Waals surface area contributed by atoms with E-state index in [2.05, 4.69) is 4.98 Å². The summed E-state index contributed by atoms with van der Waals surface area (Å²) in [6.45, 7) is -0.136. The third-order valence-corrected chi connectivity index (χ3v) is 4.82. The minimum atomic E-state index is -2.03. The van der Waals surface area contributed by atoms with Crippen LogP contribution in [0.1, 0.15) is 18.5 Å². The summed E-state index contributed by atoms with van der Waals surface area (Å²) in [4.78, 5) is 4.37. The van der Waals surface area contributed by atoms with E-state index in [0.717, 1.165) is 18.5 Å². The minimum absolute atomic E-state index is 0.128. The molecule has 2 heterocycles. The highest BCUT2D eigenvalue weighted by atomic mass is 32.5. The van der Waals surface area contributed by atoms with Crippen molar-refractivity contribution in [3.8, 4) is 0 Å². The van der Waals surface area contributed by atoms with Gasteiger partial charge in [-0.25, -0.2) is 0 Å². The summed E-state index contributed by atoms with van der Waals surface area (Å²) >= 11 is 5.31. The van der Waals surface area contributed by atoms with Crippen LogP contribution in [0.4, 0.5) is 0 Å². The minimum Gasteiger partial charge on any atom is -0.323 e. The first-order valence-electron chi connectivity index (χ1n) is 5.01. The van der Waals surface area contributed by atoms with Crippen molar-refractivity contribution in [1.29, 1.82) is 0 Å². The van der Waals surface area contributed by atoms with Gasteiger partial charge in [-0.15, -0.1) is 0 Å². The molecule has 80 valence electrons. The van der Waals surface area contributed by atoms with Gasteiger partial charge in [0.15, 0.2) is 6.49 Å². The van der Waals surface area contributed by atoms with Gasteiger partial charge in [0.2, 0.25) is 0 Å². The maximum Gasteiger partial charge on any atom is 0.187 e. The Morgan fingerprint density at radius 2 is 2.47 bits per heavy atom. The Bertz CT molecular complexity index is 438. The predicted octanol–water partition coefficient (Wildman–Crippen LogP) is 2.43. The molecule has 0 amide bonds. The van der Waals surface area contributed by atoms with E-state index in [-0.39, 0.29) is 11.7 Å². The molecule has 1 saturated carbocycles. The molecule has 1 aromatic heterocycles. The standard InChI is InChI=1S/C10H12NO2PS/c1-14(15)12-9-5-6-10(9,13-14)8-4-2-3-7-11-8/h2-4,7,9H,5-6H2,1H3/t9-,10-,14?/m0/s1. The highest BCUT2D eigenvalue weighted by Gasteiger charge is 2.59. The zero-order chi connectivity index (χ0) is 10.5. The topological polar surface area (TPSA) is 31.4 Å². The monoisotopic (exact) mass is 241 g/mol. The maximum atomic E-state index is 5.96. The van der Waals surface area contributed by atoms with Crippen molar-refractivity contribution < 1.29 is 9.05 Å². The molecule has 15 heavy (non-hydrogen) atoms. The molecule has 1 saturated heterocycles. The van der Waals surface area contributed by atoms with E-state index in [1.165, 1.54) is 0 Å². The first-order chi connectivity index (χ1) is 7.12. The molecule has 5 heteroatoms. The van der Waals surface area contributed by atoms with Gasteiger partial charge in [-0.1, -0.05) is 6.07 Å². The zero-order valence-electron chi connectivity index (χ0n) is 8.42. The summed E-state index contributed by atoms with van der Waals surface area (Å²) in [5.41, 5.74) is 0.640. The molecule has 2 fully saturated rings. The van der Waals surface area contributed by atoms with Crippen molar-refractivity contribution in [2.75, 3.05) is 6.66 Å². The van der Waals surface area contributed by atoms with Gasteiger partial charge in [0.1, 0.15) is 11.7 Å². The lowest BCUT2D eigenvalue weighted by molar-refractivity contribution is -0.0556. The summed E-state index contributed by atoms with van der Waals surface area (Å²) in [6.07, 6.45) is 3.92. The molecular formula is C10H12NO2PS. The number of pyridine rings is 1. The van der Waals surface area contributed by atoms with Crippen LogP contribution >= 0.6 is 6.49 Å². The zero-order valence-corrected chi connectivity index (χ0v) is 10.1. The Morgan fingerprint density at radius 1 is 1.60 bits per heavy atom. The van der Waals surface area contributed by atoms with Gasteiger partial charge in [0.05, 0.1) is 5.69 Å². The lowest BCUT2D eigenvalue weighted by Gasteiger charge is -2.40. The van der Waals surface area contributed by atoms with Crippen LogP contribution in [0.5, 0.6) is 0 Å². The molecule has 3 rings (SSSR count). The van der Waals surface area contributed by atoms with Crippen LogP contribution in [0.15, 0.2) is 24.4 Å². The Hall–Kier alpha value is -0.280. The highest BCUT2D eigenvalue weighted by Crippen LogP contribution is 2.67. The van der Waals surface area contributed by atoms with Crippen LogP contribution < -0.4 is 0 Å². The molecule has 3 nitrogen and oxygen atoms in total. The smallest absolute Gasteiger partial charge is 0.187 e. The third-order valence-electron chi connectivity index (χ3n) is 3.04. The molecule has 1 aromatic rings. The molecule has 0 bridgehead atoms. The van der Waals surface area contributed by atoms with Gasteiger partial charge in [-0.3, -0.25) is 4.98 Å². The van der Waals surface area contributed by atoms with Crippen molar-refractivity contribution in [2.24, 2.45) is 0 Å². The van der Waals surface area contributed by atoms with E-state index in [1.54, 1.807) is 6.20 Å². The summed E-state index contributed by atoms with van der Waals surface area (Å²) in [5.74, 6) is 0. The van der Waals surface area contributed by atoms with Gasteiger partial charge in [0.25, 0.3) is 0 Å². The Morgan fingerprint density at radius 3 is 3.00 bits per heavy atom. The molecule has 3 atom stereocenters. The lowest BCUT2D eigenvalue weighted by atomic mass is 9.74. The van der Waals surface area contributed by atoms with Crippen LogP contribution in [0.3, 0.4) is 0 Å². The average Bonchev–Trinajstić information content (AvgIpc) is 2.40. The molecular weight excluding hydrogens is 229 g/mol. The lowest BCUT2D eigenvalue weighted by Crippen LogP contribution is -2.46. The SMILES string of the molecule is CP1(=S)O[C@H]2CC[C@@]2(c2ccccn2)O1. The van der Waals surface area contributed by atoms with Gasteiger partial charge < -0.3 is 9.05 Å². The van der Waals surface area contributed by atoms with Crippen LogP contribution in [0, 0.1) is 0 Å². The largest absolute Gasteiger partial charge is 0.323 e. The second kappa shape index (κ2) is 3.11. The Balaban J connectivity index is 2.03. The van der Waals surface area contributed by atoms with Crippen molar-refractivity contribution >= 4 is 18.3 Å². The number of nitrogens with zero attached hydrogens (tertiary/aromatic N) is 1. The Labute approximate surface area is 94.0 Å². The second-order valence-corrected chi connectivity index (χ2v) is 8.03. The number of hydrogen-bond donors (Lipinski definition) is 0. The van der Waals surface area contributed by atoms with Gasteiger partial charge in [-0.2, -0.15) is 0 Å². The molecule has 0 aromatic carbocycles. The molecule has 1 unspecified atom stereocenters. The molecule has 2 aliphatic rings. The quantitative estimate of drug-likeness (QED) is 0.707. The third kappa shape index (κ3) is 1.40. The Kier molecular flexibility index (Phi) is 2.05. The van der Waals surface area contributed by atoms with E-state index < -0.39 is 6.49 Å². The average molecular weight is 241 g/mol. The van der Waals surface area contributed by atoms with Crippen molar-refractivity contribution in [2.45, 2.75) is 24.5 Å². The first kappa shape index (κ1) is 9.91. The van der Waals surface area contributed by atoms with Gasteiger partial charge in [0, 0.05) is 12.9 Å². The van der Waals surface area contributed by atoms with Gasteiger partial charge in [-0.05, 0) is 36.8 Å². The fourth-order valence-electron chi connectivity index (χ4n) is 2.27. The number of rotatable bonds is 1. The van der Waals surface area contributed by atoms with Gasteiger partial charge >= 0.3 is 0 Å². The fraction of sp³-hybridized carbons (Fsp3) is 0.500. The highest BCUT2D eigenvalue weighted by molar-refractivity contribution is 8.09. The van der Waals surface area contributed by atoms with Crippen molar-refractivity contribution in [1.82, 2.24) is 4.98 Å². The second-order valence-electron chi connectivity index (χ2n) is 4.10. The first-order valence-corrected chi connectivity index (χ1v) is 8.09. The summed E-state index contributed by atoms with van der Waals surface area (Å²) in [6, 6.07) is 5.88. The normalized spacial score (nSPS) is 43.4. The summed E-state index contributed by atoms with van der Waals surface area (Å²) in [5, 5.41) is 0. The molecule has 1 aliphatic carbocycles. The molecule has 0 spiro atoms. The summed E-state index contributed by atoms with van der Waals surface area (Å²) in [7, 11) is 0.